The molecular weight excluding hydrogens is 283 g/mol. The van der Waals surface area contributed by atoms with Crippen molar-refractivity contribution in [1.82, 2.24) is 4.98 Å². The average molecular weight is 301 g/mol. The summed E-state index contributed by atoms with van der Waals surface area (Å²) in [5, 5.41) is 0. The maximum Gasteiger partial charge on any atom is 0.0408 e. The fraction of sp³-hybridized carbons (Fsp3) is 0.500. The summed E-state index contributed by atoms with van der Waals surface area (Å²) in [4.78, 5) is 6.69. The molecule has 0 aliphatic carbocycles. The molecule has 94 valence electrons. The van der Waals surface area contributed by atoms with E-state index in [4.69, 9.17) is 5.73 Å². The first kappa shape index (κ1) is 18.7. The highest BCUT2D eigenvalue weighted by Crippen LogP contribution is 2.29. The number of nitrogens with zero attached hydrogens (tertiary/aromatic N) is 1. The lowest BCUT2D eigenvalue weighted by atomic mass is 10.3. The monoisotopic (exact) mass is 300 g/mol. The van der Waals surface area contributed by atoms with Gasteiger partial charge in [0.1, 0.15) is 0 Å². The zero-order valence-corrected chi connectivity index (χ0v) is 12.7. The Labute approximate surface area is 118 Å². The Morgan fingerprint density at radius 2 is 1.50 bits per heavy atom. The third-order valence-corrected chi connectivity index (χ3v) is 3.69. The normalized spacial score (nSPS) is 9.19. The van der Waals surface area contributed by atoms with Crippen LogP contribution in [0.2, 0.25) is 0 Å². The van der Waals surface area contributed by atoms with E-state index in [2.05, 4.69) is 18.8 Å². The quantitative estimate of drug-likeness (QED) is 0.843. The molecule has 0 atom stereocenters. The van der Waals surface area contributed by atoms with Crippen LogP contribution in [0.3, 0.4) is 0 Å². The molecule has 0 unspecified atom stereocenters. The number of thioether (sulfide) groups is 2. The summed E-state index contributed by atoms with van der Waals surface area (Å²) in [5.74, 6) is 2.13. The van der Waals surface area contributed by atoms with E-state index in [1.54, 1.807) is 0 Å². The molecule has 0 aromatic carbocycles. The Morgan fingerprint density at radius 1 is 1.06 bits per heavy atom. The van der Waals surface area contributed by atoms with E-state index in [1.165, 1.54) is 15.4 Å². The highest BCUT2D eigenvalue weighted by molar-refractivity contribution is 8.00. The molecular formula is C10H18Cl2N2S2. The van der Waals surface area contributed by atoms with Crippen LogP contribution in [-0.2, 0) is 6.54 Å². The van der Waals surface area contributed by atoms with Crippen molar-refractivity contribution in [1.29, 1.82) is 0 Å². The van der Waals surface area contributed by atoms with E-state index in [-0.39, 0.29) is 24.8 Å². The van der Waals surface area contributed by atoms with Gasteiger partial charge in [0.05, 0.1) is 0 Å². The minimum absolute atomic E-state index is 0. The third kappa shape index (κ3) is 5.15. The second kappa shape index (κ2) is 10.5. The van der Waals surface area contributed by atoms with Crippen molar-refractivity contribution in [2.75, 3.05) is 11.5 Å². The molecule has 2 N–H and O–H groups in total. The fourth-order valence-corrected chi connectivity index (χ4v) is 2.90. The summed E-state index contributed by atoms with van der Waals surface area (Å²) in [6.07, 6.45) is 3.83. The van der Waals surface area contributed by atoms with Gasteiger partial charge in [-0.05, 0) is 17.1 Å². The molecule has 2 nitrogen and oxygen atoms in total. The zero-order chi connectivity index (χ0) is 10.4. The Hall–Kier alpha value is 0.390. The van der Waals surface area contributed by atoms with Gasteiger partial charge in [0.2, 0.25) is 0 Å². The zero-order valence-electron chi connectivity index (χ0n) is 9.43. The van der Waals surface area contributed by atoms with Crippen molar-refractivity contribution in [3.63, 3.8) is 0 Å². The van der Waals surface area contributed by atoms with Crippen LogP contribution in [0.25, 0.3) is 0 Å². The van der Waals surface area contributed by atoms with Gasteiger partial charge in [-0.1, -0.05) is 13.8 Å². The number of halogens is 2. The second-order valence-corrected chi connectivity index (χ2v) is 5.30. The van der Waals surface area contributed by atoms with Crippen molar-refractivity contribution < 1.29 is 0 Å². The van der Waals surface area contributed by atoms with Crippen LogP contribution in [0.15, 0.2) is 22.2 Å². The topological polar surface area (TPSA) is 38.9 Å². The number of pyridine rings is 1. The van der Waals surface area contributed by atoms with Gasteiger partial charge in [-0.2, -0.15) is 0 Å². The van der Waals surface area contributed by atoms with Crippen molar-refractivity contribution in [2.45, 2.75) is 30.2 Å². The molecule has 0 amide bonds. The first-order chi connectivity index (χ1) is 6.83. The van der Waals surface area contributed by atoms with Crippen LogP contribution >= 0.6 is 48.3 Å². The fourth-order valence-electron chi connectivity index (χ4n) is 1.21. The molecule has 0 saturated carbocycles. The Bertz CT molecular complexity index is 274. The standard InChI is InChI=1S/C10H16N2S2.2ClH/c1-3-13-9-6-12-7-10(14-4-2)8(9)5-11;;/h6-7H,3-5,11H2,1-2H3;2*1H. The molecule has 0 aliphatic heterocycles. The lowest BCUT2D eigenvalue weighted by Crippen LogP contribution is -2.01. The van der Waals surface area contributed by atoms with Crippen molar-refractivity contribution in [2.24, 2.45) is 5.73 Å². The third-order valence-electron chi connectivity index (χ3n) is 1.78. The predicted octanol–water partition coefficient (Wildman–Crippen LogP) is 3.61. The van der Waals surface area contributed by atoms with E-state index < -0.39 is 0 Å². The Balaban J connectivity index is 0. The van der Waals surface area contributed by atoms with E-state index in [0.29, 0.717) is 6.54 Å². The van der Waals surface area contributed by atoms with Crippen LogP contribution in [0, 0.1) is 0 Å². The summed E-state index contributed by atoms with van der Waals surface area (Å²) in [7, 11) is 0. The van der Waals surface area contributed by atoms with Gasteiger partial charge >= 0.3 is 0 Å². The van der Waals surface area contributed by atoms with Gasteiger partial charge in [-0.3, -0.25) is 4.98 Å². The Morgan fingerprint density at radius 3 is 1.81 bits per heavy atom. The highest BCUT2D eigenvalue weighted by atomic mass is 35.5. The number of nitrogens with two attached hydrogens (primary N) is 1. The number of hydrogen-bond acceptors (Lipinski definition) is 4. The van der Waals surface area contributed by atoms with Crippen molar-refractivity contribution >= 4 is 48.3 Å². The predicted molar refractivity (Wildman–Crippen MR) is 79.4 cm³/mol. The molecule has 0 bridgehead atoms. The minimum atomic E-state index is 0. The molecule has 0 spiro atoms. The summed E-state index contributed by atoms with van der Waals surface area (Å²) in [5.41, 5.74) is 7.01. The van der Waals surface area contributed by atoms with Crippen LogP contribution < -0.4 is 5.73 Å². The van der Waals surface area contributed by atoms with Gasteiger partial charge in [-0.25, -0.2) is 0 Å². The molecule has 0 aliphatic rings. The number of hydrogen-bond donors (Lipinski definition) is 1. The molecule has 1 aromatic heterocycles. The van der Waals surface area contributed by atoms with E-state index in [9.17, 15) is 0 Å². The molecule has 0 saturated heterocycles. The molecule has 6 heteroatoms. The minimum Gasteiger partial charge on any atom is -0.326 e. The van der Waals surface area contributed by atoms with Crippen molar-refractivity contribution in [3.05, 3.63) is 18.0 Å². The molecule has 1 aromatic rings. The SMILES string of the molecule is CCSc1cncc(SCC)c1CN.Cl.Cl. The first-order valence-electron chi connectivity index (χ1n) is 4.76. The maximum atomic E-state index is 5.76. The van der Waals surface area contributed by atoms with Gasteiger partial charge in [0, 0.05) is 28.7 Å². The highest BCUT2D eigenvalue weighted by Gasteiger charge is 2.07. The summed E-state index contributed by atoms with van der Waals surface area (Å²) >= 11 is 3.62. The summed E-state index contributed by atoms with van der Waals surface area (Å²) in [6, 6.07) is 0. The first-order valence-corrected chi connectivity index (χ1v) is 6.73. The van der Waals surface area contributed by atoms with Gasteiger partial charge in [0.15, 0.2) is 0 Å². The largest absolute Gasteiger partial charge is 0.326 e. The van der Waals surface area contributed by atoms with Crippen LogP contribution in [0.4, 0.5) is 0 Å². The van der Waals surface area contributed by atoms with E-state index in [0.717, 1.165) is 11.5 Å². The lowest BCUT2D eigenvalue weighted by molar-refractivity contribution is 0.951. The van der Waals surface area contributed by atoms with E-state index in [1.807, 2.05) is 35.9 Å². The maximum absolute atomic E-state index is 5.76. The smallest absolute Gasteiger partial charge is 0.0408 e. The summed E-state index contributed by atoms with van der Waals surface area (Å²) in [6.45, 7) is 4.89. The van der Waals surface area contributed by atoms with Gasteiger partial charge < -0.3 is 5.73 Å². The molecule has 0 radical (unpaired) electrons. The molecule has 1 rings (SSSR count). The molecule has 1 heterocycles. The lowest BCUT2D eigenvalue weighted by Gasteiger charge is -2.10. The molecule has 16 heavy (non-hydrogen) atoms. The molecule has 0 fully saturated rings. The van der Waals surface area contributed by atoms with Gasteiger partial charge in [0.25, 0.3) is 0 Å². The van der Waals surface area contributed by atoms with Gasteiger partial charge in [-0.15, -0.1) is 48.3 Å². The number of rotatable bonds is 5. The van der Waals surface area contributed by atoms with Crippen LogP contribution in [0.1, 0.15) is 19.4 Å². The van der Waals surface area contributed by atoms with Crippen molar-refractivity contribution in [3.8, 4) is 0 Å². The second-order valence-electron chi connectivity index (χ2n) is 2.68. The van der Waals surface area contributed by atoms with Crippen LogP contribution in [0.5, 0.6) is 0 Å². The Kier molecular flexibility index (Phi) is 12.3. The van der Waals surface area contributed by atoms with Crippen LogP contribution in [-0.4, -0.2) is 16.5 Å². The number of aromatic nitrogens is 1. The average Bonchev–Trinajstić information content (AvgIpc) is 2.19. The van der Waals surface area contributed by atoms with E-state index >= 15 is 0 Å². The summed E-state index contributed by atoms with van der Waals surface area (Å²) < 4.78 is 0.